The van der Waals surface area contributed by atoms with E-state index in [0.717, 1.165) is 6.07 Å². The molecule has 0 saturated heterocycles. The van der Waals surface area contributed by atoms with Crippen LogP contribution in [0.5, 0.6) is 5.75 Å². The smallest absolute Gasteiger partial charge is 0.416 e. The fourth-order valence-corrected chi connectivity index (χ4v) is 1.79. The zero-order valence-electron chi connectivity index (χ0n) is 12.6. The highest BCUT2D eigenvalue weighted by Gasteiger charge is 2.33. The second-order valence-corrected chi connectivity index (χ2v) is 4.80. The van der Waals surface area contributed by atoms with E-state index in [2.05, 4.69) is 6.58 Å². The molecule has 1 atom stereocenters. The maximum absolute atomic E-state index is 12.8. The number of nitrogens with one attached hydrogen (secondary N) is 1. The minimum Gasteiger partial charge on any atom is -0.489 e. The van der Waals surface area contributed by atoms with Crippen molar-refractivity contribution in [2.45, 2.75) is 25.1 Å². The Balaban J connectivity index is 3.18. The maximum atomic E-state index is 12.8. The molecule has 2 N–H and O–H groups in total. The van der Waals surface area contributed by atoms with Gasteiger partial charge in [-0.15, -0.1) is 0 Å². The van der Waals surface area contributed by atoms with Crippen molar-refractivity contribution in [3.63, 3.8) is 0 Å². The van der Waals surface area contributed by atoms with Gasteiger partial charge in [0.2, 0.25) is 6.43 Å². The zero-order valence-corrected chi connectivity index (χ0v) is 12.6. The standard InChI is InChI=1S/C15H14F5NO4/c1-2-5-25-11-4-3-8(15(18,19)20)6-9(11)13(22)21-10(14(23)24)7-12(16)17/h2-4,6,10,12H,1,5,7H2,(H,21,22)(H,23,24). The van der Waals surface area contributed by atoms with Crippen LogP contribution in [-0.4, -0.2) is 36.1 Å². The van der Waals surface area contributed by atoms with Crippen molar-refractivity contribution >= 4 is 11.9 Å². The van der Waals surface area contributed by atoms with Crippen molar-refractivity contribution in [2.24, 2.45) is 0 Å². The summed E-state index contributed by atoms with van der Waals surface area (Å²) in [6, 6.07) is 0.0386. The predicted octanol–water partition coefficient (Wildman–Crippen LogP) is 3.11. The molecule has 5 nitrogen and oxygen atoms in total. The average Bonchev–Trinajstić information content (AvgIpc) is 2.50. The highest BCUT2D eigenvalue weighted by atomic mass is 19.4. The number of benzene rings is 1. The summed E-state index contributed by atoms with van der Waals surface area (Å²) in [6.07, 6.45) is -7.71. The molecule has 1 rings (SSSR count). The van der Waals surface area contributed by atoms with Gasteiger partial charge >= 0.3 is 12.1 Å². The third kappa shape index (κ3) is 6.05. The van der Waals surface area contributed by atoms with Crippen molar-refractivity contribution < 1.29 is 41.4 Å². The van der Waals surface area contributed by atoms with Crippen molar-refractivity contribution in [2.75, 3.05) is 6.61 Å². The molecule has 0 fully saturated rings. The number of carbonyl (C=O) groups is 2. The number of alkyl halides is 5. The number of carboxylic acid groups (broad SMARTS) is 1. The summed E-state index contributed by atoms with van der Waals surface area (Å²) in [7, 11) is 0. The summed E-state index contributed by atoms with van der Waals surface area (Å²) in [4.78, 5) is 23.0. The number of aliphatic carboxylic acids is 1. The highest BCUT2D eigenvalue weighted by molar-refractivity contribution is 5.99. The van der Waals surface area contributed by atoms with E-state index in [9.17, 15) is 31.5 Å². The van der Waals surface area contributed by atoms with Crippen LogP contribution in [0.25, 0.3) is 0 Å². The largest absolute Gasteiger partial charge is 0.489 e. The van der Waals surface area contributed by atoms with Crippen LogP contribution in [0.1, 0.15) is 22.3 Å². The van der Waals surface area contributed by atoms with Gasteiger partial charge in [-0.3, -0.25) is 4.79 Å². The summed E-state index contributed by atoms with van der Waals surface area (Å²) in [5.74, 6) is -3.29. The Hall–Kier alpha value is -2.65. The first-order valence-corrected chi connectivity index (χ1v) is 6.83. The summed E-state index contributed by atoms with van der Waals surface area (Å²) in [5.41, 5.74) is -1.80. The molecule has 0 aliphatic rings. The van der Waals surface area contributed by atoms with E-state index in [1.165, 1.54) is 6.08 Å². The SMILES string of the molecule is C=CCOc1ccc(C(F)(F)F)cc1C(=O)NC(CC(F)F)C(=O)O. The van der Waals surface area contributed by atoms with Gasteiger partial charge in [-0.2, -0.15) is 13.2 Å². The van der Waals surface area contributed by atoms with Gasteiger partial charge in [-0.25, -0.2) is 13.6 Å². The van der Waals surface area contributed by atoms with Gasteiger partial charge in [0.25, 0.3) is 5.91 Å². The Morgan fingerprint density at radius 2 is 1.96 bits per heavy atom. The van der Waals surface area contributed by atoms with Crippen LogP contribution in [0.3, 0.4) is 0 Å². The van der Waals surface area contributed by atoms with Crippen LogP contribution in [0.2, 0.25) is 0 Å². The minimum absolute atomic E-state index is 0.134. The van der Waals surface area contributed by atoms with Gasteiger partial charge in [0, 0.05) is 6.42 Å². The van der Waals surface area contributed by atoms with Crippen molar-refractivity contribution in [1.82, 2.24) is 5.32 Å². The second-order valence-electron chi connectivity index (χ2n) is 4.80. The fraction of sp³-hybridized carbons (Fsp3) is 0.333. The molecule has 25 heavy (non-hydrogen) atoms. The number of carbonyl (C=O) groups excluding carboxylic acids is 1. The van der Waals surface area contributed by atoms with E-state index < -0.39 is 48.1 Å². The first-order chi connectivity index (χ1) is 11.6. The minimum atomic E-state index is -4.76. The molecule has 1 amide bonds. The maximum Gasteiger partial charge on any atom is 0.416 e. The molecule has 0 aliphatic carbocycles. The lowest BCUT2D eigenvalue weighted by molar-refractivity contribution is -0.140. The van der Waals surface area contributed by atoms with Gasteiger partial charge in [0.15, 0.2) is 0 Å². The topological polar surface area (TPSA) is 75.6 Å². The highest BCUT2D eigenvalue weighted by Crippen LogP contribution is 2.32. The lowest BCUT2D eigenvalue weighted by Gasteiger charge is -2.17. The van der Waals surface area contributed by atoms with Crippen molar-refractivity contribution in [1.29, 1.82) is 0 Å². The number of ether oxygens (including phenoxy) is 1. The molecule has 10 heteroatoms. The quantitative estimate of drug-likeness (QED) is 0.547. The van der Waals surface area contributed by atoms with Gasteiger partial charge in [-0.05, 0) is 18.2 Å². The molecule has 0 aromatic heterocycles. The third-order valence-electron chi connectivity index (χ3n) is 2.93. The van der Waals surface area contributed by atoms with Crippen LogP contribution < -0.4 is 10.1 Å². The lowest BCUT2D eigenvalue weighted by Crippen LogP contribution is -2.42. The number of rotatable bonds is 8. The molecule has 0 heterocycles. The lowest BCUT2D eigenvalue weighted by atomic mass is 10.1. The third-order valence-corrected chi connectivity index (χ3v) is 2.93. The van der Waals surface area contributed by atoms with E-state index in [-0.39, 0.29) is 12.4 Å². The second kappa shape index (κ2) is 8.45. The molecule has 0 aliphatic heterocycles. The first kappa shape index (κ1) is 20.4. The first-order valence-electron chi connectivity index (χ1n) is 6.83. The Morgan fingerprint density at radius 3 is 2.44 bits per heavy atom. The van der Waals surface area contributed by atoms with Gasteiger partial charge in [0.05, 0.1) is 11.1 Å². The number of hydrogen-bond acceptors (Lipinski definition) is 3. The number of amides is 1. The van der Waals surface area contributed by atoms with Crippen LogP contribution in [0.4, 0.5) is 22.0 Å². The van der Waals surface area contributed by atoms with E-state index in [4.69, 9.17) is 9.84 Å². The number of halogens is 5. The van der Waals surface area contributed by atoms with E-state index >= 15 is 0 Å². The predicted molar refractivity (Wildman–Crippen MR) is 76.6 cm³/mol. The van der Waals surface area contributed by atoms with Crippen molar-refractivity contribution in [3.8, 4) is 5.75 Å². The molecule has 0 spiro atoms. The summed E-state index contributed by atoms with van der Waals surface area (Å²) >= 11 is 0. The van der Waals surface area contributed by atoms with E-state index in [1.807, 2.05) is 0 Å². The van der Waals surface area contributed by atoms with Gasteiger partial charge in [-0.1, -0.05) is 12.7 Å². The Kier molecular flexibility index (Phi) is 6.89. The molecule has 0 radical (unpaired) electrons. The van der Waals surface area contributed by atoms with Crippen LogP contribution in [0.15, 0.2) is 30.9 Å². The Morgan fingerprint density at radius 1 is 1.32 bits per heavy atom. The molecular formula is C15H14F5NO4. The average molecular weight is 367 g/mol. The van der Waals surface area contributed by atoms with Gasteiger partial charge in [0.1, 0.15) is 18.4 Å². The van der Waals surface area contributed by atoms with Crippen molar-refractivity contribution in [3.05, 3.63) is 42.0 Å². The Labute approximate surface area is 139 Å². The number of hydrogen-bond donors (Lipinski definition) is 2. The van der Waals surface area contributed by atoms with E-state index in [1.54, 1.807) is 5.32 Å². The molecule has 0 bridgehead atoms. The molecule has 1 aromatic carbocycles. The zero-order chi connectivity index (χ0) is 19.2. The summed E-state index contributed by atoms with van der Waals surface area (Å²) in [6.45, 7) is 3.21. The van der Waals surface area contributed by atoms with E-state index in [0.29, 0.717) is 12.1 Å². The fourth-order valence-electron chi connectivity index (χ4n) is 1.79. The molecule has 0 saturated carbocycles. The molecular weight excluding hydrogens is 353 g/mol. The molecule has 138 valence electrons. The van der Waals surface area contributed by atoms with Crippen LogP contribution in [-0.2, 0) is 11.0 Å². The van der Waals surface area contributed by atoms with Crippen LogP contribution >= 0.6 is 0 Å². The normalized spacial score (nSPS) is 12.6. The summed E-state index contributed by atoms with van der Waals surface area (Å²) < 4.78 is 68.2. The Bertz CT molecular complexity index is 645. The monoisotopic (exact) mass is 367 g/mol. The van der Waals surface area contributed by atoms with Gasteiger partial charge < -0.3 is 15.2 Å². The molecule has 1 aromatic rings. The van der Waals surface area contributed by atoms with Crippen LogP contribution in [0, 0.1) is 0 Å². The molecule has 1 unspecified atom stereocenters. The summed E-state index contributed by atoms with van der Waals surface area (Å²) in [5, 5.41) is 10.6. The number of carboxylic acids is 1.